The molecule has 0 aliphatic rings. The van der Waals surface area contributed by atoms with Gasteiger partial charge in [0.25, 0.3) is 5.56 Å². The van der Waals surface area contributed by atoms with Gasteiger partial charge in [-0.1, -0.05) is 24.3 Å². The Bertz CT molecular complexity index is 1010. The molecule has 0 atom stereocenters. The fourth-order valence-corrected chi connectivity index (χ4v) is 3.47. The summed E-state index contributed by atoms with van der Waals surface area (Å²) in [6.45, 7) is 1.63. The number of carboxylic acid groups (broad SMARTS) is 1. The van der Waals surface area contributed by atoms with E-state index in [0.717, 1.165) is 16.9 Å². The van der Waals surface area contributed by atoms with E-state index in [1.807, 2.05) is 0 Å². The number of carbonyl (C=O) groups is 2. The molecule has 6 nitrogen and oxygen atoms in total. The summed E-state index contributed by atoms with van der Waals surface area (Å²) in [5.41, 5.74) is 0.658. The number of hydrogen-bond donors (Lipinski definition) is 2. The normalized spacial score (nSPS) is 10.9. The van der Waals surface area contributed by atoms with E-state index in [-0.39, 0.29) is 17.9 Å². The predicted octanol–water partition coefficient (Wildman–Crippen LogP) is 2.72. The van der Waals surface area contributed by atoms with Gasteiger partial charge >= 0.3 is 5.97 Å². The van der Waals surface area contributed by atoms with E-state index >= 15 is 0 Å². The highest BCUT2D eigenvalue weighted by Crippen LogP contribution is 2.29. The lowest BCUT2D eigenvalue weighted by molar-refractivity contribution is 0.0695. The maximum absolute atomic E-state index is 12.4. The van der Waals surface area contributed by atoms with Gasteiger partial charge < -0.3 is 10.2 Å². The van der Waals surface area contributed by atoms with Crippen LogP contribution in [0.25, 0.3) is 10.2 Å². The van der Waals surface area contributed by atoms with Gasteiger partial charge in [-0.15, -0.1) is 11.3 Å². The number of aromatic hydroxyl groups is 1. The lowest BCUT2D eigenvalue weighted by Gasteiger charge is -2.11. The van der Waals surface area contributed by atoms with Crippen LogP contribution < -0.4 is 5.56 Å². The number of aromatic nitrogens is 1. The number of pyridine rings is 1. The molecule has 0 aliphatic carbocycles. The summed E-state index contributed by atoms with van der Waals surface area (Å²) in [7, 11) is 0. The molecule has 24 heavy (non-hydrogen) atoms. The number of rotatable bonds is 4. The first-order valence-corrected chi connectivity index (χ1v) is 7.94. The van der Waals surface area contributed by atoms with E-state index in [4.69, 9.17) is 0 Å². The summed E-state index contributed by atoms with van der Waals surface area (Å²) in [5.74, 6) is -2.16. The second kappa shape index (κ2) is 5.93. The average Bonchev–Trinajstić information content (AvgIpc) is 3.00. The number of aromatic carboxylic acids is 1. The van der Waals surface area contributed by atoms with Gasteiger partial charge in [-0.25, -0.2) is 4.79 Å². The molecular weight excluding hydrogens is 330 g/mol. The Morgan fingerprint density at radius 2 is 1.83 bits per heavy atom. The SMILES string of the molecule is CC(=O)c1ccc(Cn2c(=O)c(O)c(C(=O)O)c3sccc32)cc1. The van der Waals surface area contributed by atoms with E-state index in [1.54, 1.807) is 35.7 Å². The van der Waals surface area contributed by atoms with Gasteiger partial charge in [-0.05, 0) is 23.9 Å². The highest BCUT2D eigenvalue weighted by atomic mass is 32.1. The monoisotopic (exact) mass is 343 g/mol. The number of thiophene rings is 1. The molecular formula is C17H13NO5S. The standard InChI is InChI=1S/C17H13NO5S/c1-9(19)11-4-2-10(3-5-11)8-18-12-6-7-24-15(12)13(17(22)23)14(20)16(18)21/h2-7,20H,8H2,1H3,(H,22,23). The Balaban J connectivity index is 2.13. The van der Waals surface area contributed by atoms with Crippen LogP contribution in [0, 0.1) is 0 Å². The largest absolute Gasteiger partial charge is 0.502 e. The van der Waals surface area contributed by atoms with Crippen molar-refractivity contribution in [2.45, 2.75) is 13.5 Å². The Labute approximate surface area is 140 Å². The van der Waals surface area contributed by atoms with Crippen molar-refractivity contribution in [1.29, 1.82) is 0 Å². The maximum atomic E-state index is 12.4. The molecule has 0 saturated heterocycles. The zero-order chi connectivity index (χ0) is 17.4. The minimum atomic E-state index is -1.34. The number of ketones is 1. The van der Waals surface area contributed by atoms with Gasteiger partial charge in [0.15, 0.2) is 11.5 Å². The summed E-state index contributed by atoms with van der Waals surface area (Å²) >= 11 is 1.15. The molecule has 122 valence electrons. The number of fused-ring (bicyclic) bond motifs is 1. The molecule has 2 N–H and O–H groups in total. The average molecular weight is 343 g/mol. The Kier molecular flexibility index (Phi) is 3.94. The quantitative estimate of drug-likeness (QED) is 0.710. The van der Waals surface area contributed by atoms with Crippen LogP contribution in [0.15, 0.2) is 40.5 Å². The van der Waals surface area contributed by atoms with Crippen molar-refractivity contribution in [2.75, 3.05) is 0 Å². The van der Waals surface area contributed by atoms with Crippen LogP contribution >= 0.6 is 11.3 Å². The van der Waals surface area contributed by atoms with Crippen molar-refractivity contribution in [2.24, 2.45) is 0 Å². The molecule has 0 saturated carbocycles. The van der Waals surface area contributed by atoms with Crippen LogP contribution in [0.1, 0.15) is 33.2 Å². The third-order valence-electron chi connectivity index (χ3n) is 3.76. The molecule has 0 unspecified atom stereocenters. The summed E-state index contributed by atoms with van der Waals surface area (Å²) in [6, 6.07) is 8.43. The number of carbonyl (C=O) groups excluding carboxylic acids is 1. The van der Waals surface area contributed by atoms with Gasteiger partial charge in [-0.2, -0.15) is 0 Å². The molecule has 0 radical (unpaired) electrons. The van der Waals surface area contributed by atoms with Gasteiger partial charge in [0, 0.05) is 5.56 Å². The molecule has 3 rings (SSSR count). The minimum absolute atomic E-state index is 0.0533. The van der Waals surface area contributed by atoms with Crippen LogP contribution in [0.2, 0.25) is 0 Å². The fourth-order valence-electron chi connectivity index (χ4n) is 2.54. The smallest absolute Gasteiger partial charge is 0.341 e. The van der Waals surface area contributed by atoms with E-state index in [2.05, 4.69) is 0 Å². The Hall–Kier alpha value is -2.93. The highest BCUT2D eigenvalue weighted by molar-refractivity contribution is 7.17. The van der Waals surface area contributed by atoms with Crippen molar-refractivity contribution < 1.29 is 19.8 Å². The summed E-state index contributed by atoms with van der Waals surface area (Å²) < 4.78 is 1.68. The summed E-state index contributed by atoms with van der Waals surface area (Å²) in [5, 5.41) is 20.9. The van der Waals surface area contributed by atoms with Crippen LogP contribution in [0.5, 0.6) is 5.75 Å². The second-order valence-electron chi connectivity index (χ2n) is 5.31. The summed E-state index contributed by atoms with van der Waals surface area (Å²) in [4.78, 5) is 35.0. The van der Waals surface area contributed by atoms with Crippen molar-refractivity contribution in [1.82, 2.24) is 4.57 Å². The third kappa shape index (κ3) is 2.59. The zero-order valence-electron chi connectivity index (χ0n) is 12.6. The van der Waals surface area contributed by atoms with Crippen LogP contribution in [0.3, 0.4) is 0 Å². The molecule has 7 heteroatoms. The molecule has 2 aromatic heterocycles. The molecule has 0 amide bonds. The number of benzene rings is 1. The van der Waals surface area contributed by atoms with E-state index < -0.39 is 17.3 Å². The fraction of sp³-hybridized carbons (Fsp3) is 0.118. The van der Waals surface area contributed by atoms with Gasteiger partial charge in [0.05, 0.1) is 16.8 Å². The molecule has 0 bridgehead atoms. The Morgan fingerprint density at radius 3 is 2.42 bits per heavy atom. The van der Waals surface area contributed by atoms with Crippen LogP contribution in [-0.4, -0.2) is 26.5 Å². The first-order valence-electron chi connectivity index (χ1n) is 7.06. The second-order valence-corrected chi connectivity index (χ2v) is 6.22. The predicted molar refractivity (Wildman–Crippen MR) is 90.3 cm³/mol. The first kappa shape index (κ1) is 15.9. The van der Waals surface area contributed by atoms with Crippen molar-refractivity contribution >= 4 is 33.3 Å². The van der Waals surface area contributed by atoms with Crippen molar-refractivity contribution in [3.63, 3.8) is 0 Å². The van der Waals surface area contributed by atoms with Gasteiger partial charge in [0.1, 0.15) is 5.56 Å². The molecule has 2 heterocycles. The molecule has 3 aromatic rings. The van der Waals surface area contributed by atoms with E-state index in [0.29, 0.717) is 15.8 Å². The topological polar surface area (TPSA) is 96.6 Å². The van der Waals surface area contributed by atoms with E-state index in [1.165, 1.54) is 11.5 Å². The molecule has 0 spiro atoms. The lowest BCUT2D eigenvalue weighted by atomic mass is 10.1. The Morgan fingerprint density at radius 1 is 1.17 bits per heavy atom. The third-order valence-corrected chi connectivity index (χ3v) is 4.68. The number of hydrogen-bond acceptors (Lipinski definition) is 5. The van der Waals surface area contributed by atoms with E-state index in [9.17, 15) is 24.6 Å². The number of nitrogens with zero attached hydrogens (tertiary/aromatic N) is 1. The number of Topliss-reactive ketones (excluding diaryl/α,β-unsaturated/α-hetero) is 1. The van der Waals surface area contributed by atoms with Crippen LogP contribution in [-0.2, 0) is 6.54 Å². The van der Waals surface area contributed by atoms with Gasteiger partial charge in [-0.3, -0.25) is 14.2 Å². The molecule has 0 fully saturated rings. The highest BCUT2D eigenvalue weighted by Gasteiger charge is 2.22. The maximum Gasteiger partial charge on any atom is 0.341 e. The molecule has 0 aliphatic heterocycles. The van der Waals surface area contributed by atoms with Crippen molar-refractivity contribution in [3.8, 4) is 5.75 Å². The lowest BCUT2D eigenvalue weighted by Crippen LogP contribution is -2.22. The van der Waals surface area contributed by atoms with Crippen LogP contribution in [0.4, 0.5) is 0 Å². The number of carboxylic acids is 1. The minimum Gasteiger partial charge on any atom is -0.502 e. The molecule has 1 aromatic carbocycles. The zero-order valence-corrected chi connectivity index (χ0v) is 13.5. The summed E-state index contributed by atoms with van der Waals surface area (Å²) in [6.07, 6.45) is 0. The first-order chi connectivity index (χ1) is 11.4. The van der Waals surface area contributed by atoms with Gasteiger partial charge in [0.2, 0.25) is 0 Å². The van der Waals surface area contributed by atoms with Crippen molar-refractivity contribution in [3.05, 3.63) is 62.8 Å².